The van der Waals surface area contributed by atoms with Crippen LogP contribution in [-0.2, 0) is 9.47 Å². The van der Waals surface area contributed by atoms with Crippen LogP contribution < -0.4 is 0 Å². The van der Waals surface area contributed by atoms with Crippen molar-refractivity contribution in [1.82, 2.24) is 0 Å². The van der Waals surface area contributed by atoms with Crippen LogP contribution in [0.3, 0.4) is 0 Å². The Hall–Kier alpha value is -1.84. The molecule has 1 rings (SSSR count). The highest BCUT2D eigenvalue weighted by molar-refractivity contribution is 6.03. The maximum atomic E-state index is 12.2. The minimum atomic E-state index is -0.465. The van der Waals surface area contributed by atoms with Crippen molar-refractivity contribution >= 4 is 11.9 Å². The van der Waals surface area contributed by atoms with E-state index >= 15 is 0 Å². The van der Waals surface area contributed by atoms with Gasteiger partial charge in [0, 0.05) is 0 Å². The van der Waals surface area contributed by atoms with Crippen molar-refractivity contribution in [2.24, 2.45) is 11.8 Å². The molecule has 0 N–H and O–H groups in total. The van der Waals surface area contributed by atoms with Gasteiger partial charge >= 0.3 is 11.9 Å². The van der Waals surface area contributed by atoms with Crippen molar-refractivity contribution in [2.75, 3.05) is 13.2 Å². The molecule has 0 aliphatic heterocycles. The van der Waals surface area contributed by atoms with Crippen LogP contribution in [0.1, 0.15) is 74.1 Å². The topological polar surface area (TPSA) is 52.6 Å². The Morgan fingerprint density at radius 1 is 0.833 bits per heavy atom. The molecular formula is C20H30O4. The molecule has 134 valence electrons. The summed E-state index contributed by atoms with van der Waals surface area (Å²) in [5, 5.41) is 0. The molecule has 4 nitrogen and oxygen atoms in total. The van der Waals surface area contributed by atoms with E-state index in [2.05, 4.69) is 27.7 Å². The minimum absolute atomic E-state index is 0.273. The molecule has 0 saturated heterocycles. The molecule has 4 heteroatoms. The van der Waals surface area contributed by atoms with Crippen LogP contribution in [0.2, 0.25) is 0 Å². The molecule has 24 heavy (non-hydrogen) atoms. The van der Waals surface area contributed by atoms with Crippen molar-refractivity contribution in [2.45, 2.75) is 53.4 Å². The van der Waals surface area contributed by atoms with E-state index in [0.717, 1.165) is 25.7 Å². The first-order valence-corrected chi connectivity index (χ1v) is 8.92. The predicted octanol–water partition coefficient (Wildman–Crippen LogP) is 4.87. The van der Waals surface area contributed by atoms with Gasteiger partial charge in [-0.2, -0.15) is 0 Å². The van der Waals surface area contributed by atoms with Gasteiger partial charge in [0.1, 0.15) is 0 Å². The largest absolute Gasteiger partial charge is 0.462 e. The van der Waals surface area contributed by atoms with E-state index in [0.29, 0.717) is 25.0 Å². The molecular weight excluding hydrogens is 304 g/mol. The first-order valence-electron chi connectivity index (χ1n) is 8.92. The third kappa shape index (κ3) is 6.73. The zero-order chi connectivity index (χ0) is 17.9. The summed E-state index contributed by atoms with van der Waals surface area (Å²) >= 11 is 0. The van der Waals surface area contributed by atoms with Gasteiger partial charge in [-0.25, -0.2) is 9.59 Å². The summed E-state index contributed by atoms with van der Waals surface area (Å²) in [5.41, 5.74) is 0.547. The summed E-state index contributed by atoms with van der Waals surface area (Å²) in [6.45, 7) is 9.19. The monoisotopic (exact) mass is 334 g/mol. The summed E-state index contributed by atoms with van der Waals surface area (Å²) in [6, 6.07) is 6.66. The molecule has 0 heterocycles. The average molecular weight is 334 g/mol. The van der Waals surface area contributed by atoms with Crippen LogP contribution in [0.15, 0.2) is 24.3 Å². The molecule has 0 aromatic heterocycles. The van der Waals surface area contributed by atoms with E-state index in [-0.39, 0.29) is 11.1 Å². The normalized spacial score (nSPS) is 13.2. The zero-order valence-corrected chi connectivity index (χ0v) is 15.3. The molecule has 0 bridgehead atoms. The lowest BCUT2D eigenvalue weighted by Gasteiger charge is -2.12. The van der Waals surface area contributed by atoms with E-state index in [1.165, 1.54) is 0 Å². The average Bonchev–Trinajstić information content (AvgIpc) is 2.60. The fraction of sp³-hybridized carbons (Fsp3) is 0.600. The van der Waals surface area contributed by atoms with Crippen LogP contribution in [0, 0.1) is 11.8 Å². The first-order chi connectivity index (χ1) is 11.5. The van der Waals surface area contributed by atoms with Crippen LogP contribution >= 0.6 is 0 Å². The van der Waals surface area contributed by atoms with Gasteiger partial charge in [-0.1, -0.05) is 52.7 Å². The highest BCUT2D eigenvalue weighted by Crippen LogP contribution is 2.14. The fourth-order valence-electron chi connectivity index (χ4n) is 2.11. The molecule has 0 fully saturated rings. The molecule has 0 aliphatic rings. The van der Waals surface area contributed by atoms with Crippen molar-refractivity contribution in [3.8, 4) is 0 Å². The minimum Gasteiger partial charge on any atom is -0.462 e. The Labute approximate surface area is 145 Å². The number of carbonyl (C=O) groups excluding carboxylic acids is 2. The highest BCUT2D eigenvalue weighted by Gasteiger charge is 2.19. The van der Waals surface area contributed by atoms with E-state index in [1.54, 1.807) is 24.3 Å². The standard InChI is InChI=1S/C20H30O4/c1-5-15(3)11-13-23-19(21)17-9-7-8-10-18(17)20(22)24-14-12-16(4)6-2/h7-10,15-16H,5-6,11-14H2,1-4H3. The maximum absolute atomic E-state index is 12.2. The molecule has 2 unspecified atom stereocenters. The molecule has 0 amide bonds. The van der Waals surface area contributed by atoms with Crippen molar-refractivity contribution in [3.63, 3.8) is 0 Å². The van der Waals surface area contributed by atoms with Crippen LogP contribution in [0.4, 0.5) is 0 Å². The number of benzene rings is 1. The summed E-state index contributed by atoms with van der Waals surface area (Å²) in [5.74, 6) is 0.0951. The van der Waals surface area contributed by atoms with Crippen LogP contribution in [0.25, 0.3) is 0 Å². The second-order valence-corrected chi connectivity index (χ2v) is 6.42. The third-order valence-corrected chi connectivity index (χ3v) is 4.45. The van der Waals surface area contributed by atoms with Gasteiger partial charge in [0.05, 0.1) is 24.3 Å². The number of hydrogen-bond acceptors (Lipinski definition) is 4. The number of rotatable bonds is 10. The lowest BCUT2D eigenvalue weighted by atomic mass is 10.1. The van der Waals surface area contributed by atoms with Crippen LogP contribution in [0.5, 0.6) is 0 Å². The SMILES string of the molecule is CCC(C)CCOC(=O)c1ccccc1C(=O)OCCC(C)CC. The Morgan fingerprint density at radius 3 is 1.54 bits per heavy atom. The molecule has 0 saturated carbocycles. The molecule has 1 aromatic carbocycles. The lowest BCUT2D eigenvalue weighted by molar-refractivity contribution is 0.0437. The smallest absolute Gasteiger partial charge is 0.339 e. The van der Waals surface area contributed by atoms with Gasteiger partial charge in [0.25, 0.3) is 0 Å². The third-order valence-electron chi connectivity index (χ3n) is 4.45. The Morgan fingerprint density at radius 2 is 1.21 bits per heavy atom. The quantitative estimate of drug-likeness (QED) is 0.573. The summed E-state index contributed by atoms with van der Waals surface area (Å²) in [7, 11) is 0. The van der Waals surface area contributed by atoms with E-state index in [4.69, 9.17) is 9.47 Å². The molecule has 1 aromatic rings. The van der Waals surface area contributed by atoms with Crippen molar-refractivity contribution in [3.05, 3.63) is 35.4 Å². The second-order valence-electron chi connectivity index (χ2n) is 6.42. The Bertz CT molecular complexity index is 477. The predicted molar refractivity (Wildman–Crippen MR) is 95.2 cm³/mol. The maximum Gasteiger partial charge on any atom is 0.339 e. The number of esters is 2. The second kappa shape index (κ2) is 10.8. The van der Waals surface area contributed by atoms with E-state index < -0.39 is 11.9 Å². The summed E-state index contributed by atoms with van der Waals surface area (Å²) in [4.78, 5) is 24.5. The summed E-state index contributed by atoms with van der Waals surface area (Å²) < 4.78 is 10.6. The number of hydrogen-bond donors (Lipinski definition) is 0. The van der Waals surface area contributed by atoms with Gasteiger partial charge in [-0.05, 0) is 36.8 Å². The van der Waals surface area contributed by atoms with Gasteiger partial charge < -0.3 is 9.47 Å². The first kappa shape index (κ1) is 20.2. The summed E-state index contributed by atoms with van der Waals surface area (Å²) in [6.07, 6.45) is 3.75. The van der Waals surface area contributed by atoms with Gasteiger partial charge in [0.15, 0.2) is 0 Å². The van der Waals surface area contributed by atoms with E-state index in [1.807, 2.05) is 0 Å². The Balaban J connectivity index is 2.63. The number of ether oxygens (including phenoxy) is 2. The zero-order valence-electron chi connectivity index (χ0n) is 15.3. The van der Waals surface area contributed by atoms with Gasteiger partial charge in [0.2, 0.25) is 0 Å². The van der Waals surface area contributed by atoms with Crippen LogP contribution in [-0.4, -0.2) is 25.2 Å². The van der Waals surface area contributed by atoms with Crippen molar-refractivity contribution < 1.29 is 19.1 Å². The fourth-order valence-corrected chi connectivity index (χ4v) is 2.11. The molecule has 0 spiro atoms. The molecule has 0 aliphatic carbocycles. The lowest BCUT2D eigenvalue weighted by Crippen LogP contribution is -2.16. The molecule has 2 atom stereocenters. The number of carbonyl (C=O) groups is 2. The Kier molecular flexibility index (Phi) is 9.13. The van der Waals surface area contributed by atoms with E-state index in [9.17, 15) is 9.59 Å². The van der Waals surface area contributed by atoms with Gasteiger partial charge in [-0.3, -0.25) is 0 Å². The highest BCUT2D eigenvalue weighted by atomic mass is 16.5. The van der Waals surface area contributed by atoms with Crippen molar-refractivity contribution in [1.29, 1.82) is 0 Å². The van der Waals surface area contributed by atoms with Gasteiger partial charge in [-0.15, -0.1) is 0 Å². The molecule has 0 radical (unpaired) electrons.